The monoisotopic (exact) mass is 220 g/mol. The Labute approximate surface area is 97.6 Å². The highest BCUT2D eigenvalue weighted by molar-refractivity contribution is 6.02. The molecule has 16 heavy (non-hydrogen) atoms. The van der Waals surface area contributed by atoms with Crippen LogP contribution in [0.2, 0.25) is 0 Å². The Morgan fingerprint density at radius 1 is 1.38 bits per heavy atom. The number of Topliss-reactive ketones (excluding diaryl/α,β-unsaturated/α-hetero) is 1. The quantitative estimate of drug-likeness (QED) is 0.724. The molecule has 0 amide bonds. The van der Waals surface area contributed by atoms with Crippen LogP contribution in [-0.2, 0) is 0 Å². The minimum absolute atomic E-state index is 0.149. The van der Waals surface area contributed by atoms with Crippen LogP contribution in [0.15, 0.2) is 18.2 Å². The van der Waals surface area contributed by atoms with Crippen LogP contribution in [0.5, 0.6) is 5.75 Å². The Hall–Kier alpha value is -1.31. The van der Waals surface area contributed by atoms with Crippen LogP contribution in [-0.4, -0.2) is 12.9 Å². The number of carbonyl (C=O) groups is 1. The highest BCUT2D eigenvalue weighted by Gasteiger charge is 2.28. The maximum absolute atomic E-state index is 12.3. The SMILES string of the molecule is CCC(C)(C)C(=O)c1cc(C)ccc1OC. The molecule has 0 unspecified atom stereocenters. The maximum Gasteiger partial charge on any atom is 0.172 e. The number of hydrogen-bond donors (Lipinski definition) is 0. The fraction of sp³-hybridized carbons (Fsp3) is 0.500. The van der Waals surface area contributed by atoms with Crippen molar-refractivity contribution in [2.75, 3.05) is 7.11 Å². The summed E-state index contributed by atoms with van der Waals surface area (Å²) >= 11 is 0. The van der Waals surface area contributed by atoms with Crippen LogP contribution in [0.25, 0.3) is 0 Å². The van der Waals surface area contributed by atoms with Crippen LogP contribution in [0.1, 0.15) is 43.1 Å². The number of aryl methyl sites for hydroxylation is 1. The molecule has 0 saturated carbocycles. The van der Waals surface area contributed by atoms with Gasteiger partial charge in [-0.1, -0.05) is 32.4 Å². The van der Waals surface area contributed by atoms with Crippen LogP contribution in [0, 0.1) is 12.3 Å². The summed E-state index contributed by atoms with van der Waals surface area (Å²) in [6, 6.07) is 5.71. The molecule has 2 heteroatoms. The van der Waals surface area contributed by atoms with E-state index in [4.69, 9.17) is 4.74 Å². The van der Waals surface area contributed by atoms with Crippen LogP contribution in [0.4, 0.5) is 0 Å². The van der Waals surface area contributed by atoms with Gasteiger partial charge in [0, 0.05) is 5.41 Å². The Balaban J connectivity index is 3.21. The molecule has 2 nitrogen and oxygen atoms in total. The van der Waals surface area contributed by atoms with E-state index >= 15 is 0 Å². The first-order valence-corrected chi connectivity index (χ1v) is 5.62. The molecule has 0 heterocycles. The van der Waals surface area contributed by atoms with E-state index < -0.39 is 0 Å². The van der Waals surface area contributed by atoms with Crippen LogP contribution >= 0.6 is 0 Å². The van der Waals surface area contributed by atoms with Crippen molar-refractivity contribution < 1.29 is 9.53 Å². The van der Waals surface area contributed by atoms with Crippen molar-refractivity contribution >= 4 is 5.78 Å². The van der Waals surface area contributed by atoms with Gasteiger partial charge < -0.3 is 4.74 Å². The average molecular weight is 220 g/mol. The third-order valence-corrected chi connectivity index (χ3v) is 3.10. The fourth-order valence-electron chi connectivity index (χ4n) is 1.52. The minimum atomic E-state index is -0.332. The standard InChI is InChI=1S/C14H20O2/c1-6-14(3,4)13(15)11-9-10(2)7-8-12(11)16-5/h7-9H,6H2,1-5H3. The first-order chi connectivity index (χ1) is 7.42. The lowest BCUT2D eigenvalue weighted by atomic mass is 9.81. The molecule has 0 bridgehead atoms. The second-order valence-corrected chi connectivity index (χ2v) is 4.77. The number of methoxy groups -OCH3 is 1. The molecule has 0 spiro atoms. The summed E-state index contributed by atoms with van der Waals surface area (Å²) in [7, 11) is 1.60. The first-order valence-electron chi connectivity index (χ1n) is 5.62. The smallest absolute Gasteiger partial charge is 0.172 e. The molecule has 88 valence electrons. The molecular weight excluding hydrogens is 200 g/mol. The molecule has 0 saturated heterocycles. The number of ether oxygens (including phenoxy) is 1. The second-order valence-electron chi connectivity index (χ2n) is 4.77. The maximum atomic E-state index is 12.3. The molecule has 0 aliphatic carbocycles. The van der Waals surface area contributed by atoms with Gasteiger partial charge in [-0.3, -0.25) is 4.79 Å². The highest BCUT2D eigenvalue weighted by atomic mass is 16.5. The van der Waals surface area contributed by atoms with Gasteiger partial charge in [0.15, 0.2) is 5.78 Å². The normalized spacial score (nSPS) is 11.3. The fourth-order valence-corrected chi connectivity index (χ4v) is 1.52. The average Bonchev–Trinajstić information content (AvgIpc) is 2.28. The number of ketones is 1. The zero-order valence-corrected chi connectivity index (χ0v) is 10.8. The van der Waals surface area contributed by atoms with Gasteiger partial charge in [0.05, 0.1) is 12.7 Å². The third kappa shape index (κ3) is 2.43. The molecular formula is C14H20O2. The number of hydrogen-bond acceptors (Lipinski definition) is 2. The van der Waals surface area contributed by atoms with Gasteiger partial charge in [-0.15, -0.1) is 0 Å². The lowest BCUT2D eigenvalue weighted by molar-refractivity contribution is 0.0829. The van der Waals surface area contributed by atoms with Crippen molar-refractivity contribution in [2.24, 2.45) is 5.41 Å². The van der Waals surface area contributed by atoms with Gasteiger partial charge in [0.2, 0.25) is 0 Å². The van der Waals surface area contributed by atoms with Crippen molar-refractivity contribution in [3.05, 3.63) is 29.3 Å². The van der Waals surface area contributed by atoms with Gasteiger partial charge >= 0.3 is 0 Å². The lowest BCUT2D eigenvalue weighted by Crippen LogP contribution is -2.23. The van der Waals surface area contributed by atoms with Crippen LogP contribution < -0.4 is 4.74 Å². The Bertz CT molecular complexity index is 392. The molecule has 1 rings (SSSR count). The summed E-state index contributed by atoms with van der Waals surface area (Å²) in [4.78, 5) is 12.3. The predicted octanol–water partition coefficient (Wildman–Crippen LogP) is 3.62. The van der Waals surface area contributed by atoms with Gasteiger partial charge in [-0.25, -0.2) is 0 Å². The molecule has 0 N–H and O–H groups in total. The second kappa shape index (κ2) is 4.69. The molecule has 0 atom stereocenters. The van der Waals surface area contributed by atoms with E-state index in [-0.39, 0.29) is 11.2 Å². The molecule has 1 aromatic rings. The van der Waals surface area contributed by atoms with Gasteiger partial charge in [-0.2, -0.15) is 0 Å². The third-order valence-electron chi connectivity index (χ3n) is 3.10. The summed E-state index contributed by atoms with van der Waals surface area (Å²) in [6.45, 7) is 7.95. The van der Waals surface area contributed by atoms with E-state index in [0.29, 0.717) is 11.3 Å². The van der Waals surface area contributed by atoms with Gasteiger partial charge in [0.25, 0.3) is 0 Å². The zero-order valence-electron chi connectivity index (χ0n) is 10.8. The molecule has 0 fully saturated rings. The Morgan fingerprint density at radius 2 is 2.00 bits per heavy atom. The van der Waals surface area contributed by atoms with Crippen molar-refractivity contribution in [1.29, 1.82) is 0 Å². The number of carbonyl (C=O) groups excluding carboxylic acids is 1. The van der Waals surface area contributed by atoms with Gasteiger partial charge in [-0.05, 0) is 25.5 Å². The first kappa shape index (κ1) is 12.8. The molecule has 1 aromatic carbocycles. The van der Waals surface area contributed by atoms with Crippen molar-refractivity contribution in [3.8, 4) is 5.75 Å². The number of benzene rings is 1. The van der Waals surface area contributed by atoms with Crippen LogP contribution in [0.3, 0.4) is 0 Å². The number of rotatable bonds is 4. The summed E-state index contributed by atoms with van der Waals surface area (Å²) in [5.74, 6) is 0.813. The van der Waals surface area contributed by atoms with E-state index in [9.17, 15) is 4.79 Å². The summed E-state index contributed by atoms with van der Waals surface area (Å²) in [5.41, 5.74) is 1.44. The Morgan fingerprint density at radius 3 is 2.50 bits per heavy atom. The van der Waals surface area contributed by atoms with Crippen molar-refractivity contribution in [1.82, 2.24) is 0 Å². The van der Waals surface area contributed by atoms with E-state index in [0.717, 1.165) is 12.0 Å². The van der Waals surface area contributed by atoms with E-state index in [2.05, 4.69) is 0 Å². The Kier molecular flexibility index (Phi) is 3.74. The largest absolute Gasteiger partial charge is 0.496 e. The topological polar surface area (TPSA) is 26.3 Å². The summed E-state index contributed by atoms with van der Waals surface area (Å²) < 4.78 is 5.24. The van der Waals surface area contributed by atoms with Gasteiger partial charge in [0.1, 0.15) is 5.75 Å². The minimum Gasteiger partial charge on any atom is -0.496 e. The molecule has 0 aromatic heterocycles. The zero-order chi connectivity index (χ0) is 12.3. The van der Waals surface area contributed by atoms with E-state index in [1.165, 1.54) is 0 Å². The van der Waals surface area contributed by atoms with Crippen molar-refractivity contribution in [2.45, 2.75) is 34.1 Å². The summed E-state index contributed by atoms with van der Waals surface area (Å²) in [6.07, 6.45) is 0.822. The molecule has 0 radical (unpaired) electrons. The lowest BCUT2D eigenvalue weighted by Gasteiger charge is -2.22. The van der Waals surface area contributed by atoms with E-state index in [1.807, 2.05) is 45.9 Å². The summed E-state index contributed by atoms with van der Waals surface area (Å²) in [5, 5.41) is 0. The molecule has 0 aliphatic heterocycles. The van der Waals surface area contributed by atoms with E-state index in [1.54, 1.807) is 7.11 Å². The van der Waals surface area contributed by atoms with Crippen molar-refractivity contribution in [3.63, 3.8) is 0 Å². The predicted molar refractivity (Wildman–Crippen MR) is 66.1 cm³/mol. The molecule has 0 aliphatic rings. The highest BCUT2D eigenvalue weighted by Crippen LogP contribution is 2.30.